The Morgan fingerprint density at radius 3 is 1.57 bits per heavy atom. The van der Waals surface area contributed by atoms with Gasteiger partial charge in [0.25, 0.3) is 0 Å². The monoisotopic (exact) mass is 1010 g/mol. The molecule has 0 aliphatic heterocycles. The van der Waals surface area contributed by atoms with Gasteiger partial charge in [0.1, 0.15) is 6.10 Å². The first-order valence-electron chi connectivity index (χ1n) is 16.8. The van der Waals surface area contributed by atoms with Gasteiger partial charge in [-0.15, -0.1) is 0 Å². The largest absolute Gasteiger partial charge is 0.466 e. The lowest BCUT2D eigenvalue weighted by molar-refractivity contribution is -0.147. The van der Waals surface area contributed by atoms with Crippen LogP contribution in [0.5, 0.6) is 0 Å². The van der Waals surface area contributed by atoms with Crippen LogP contribution in [0.2, 0.25) is 0 Å². The van der Waals surface area contributed by atoms with Gasteiger partial charge in [-0.1, -0.05) is 115 Å². The predicted octanol–water partition coefficient (Wildman–Crippen LogP) is 8.29. The summed E-state index contributed by atoms with van der Waals surface area (Å²) in [6.07, 6.45) is -0.260. The minimum Gasteiger partial charge on any atom is -0.466 e. The van der Waals surface area contributed by atoms with Gasteiger partial charge in [-0.25, -0.2) is 27.5 Å². The Kier molecular flexibility index (Phi) is 20.7. The SMILES string of the molecule is C=C(C(=O)OC)C(O)c1ccc(Br)cc1.C=C(C(=O)OC)C(OC(C)=O)c1ccc(Br)cc1.COC(=O)/C(=C/c1ccc(Br)cc1)CNS(=O)(=O)c1ccc(C)cc1. The third-order valence-corrected chi connectivity index (χ3v) is 10.6. The zero-order chi connectivity index (χ0) is 43.6. The molecular formula is C42H42Br3NO11S. The van der Waals surface area contributed by atoms with Crippen molar-refractivity contribution in [2.45, 2.75) is 31.0 Å². The van der Waals surface area contributed by atoms with Crippen molar-refractivity contribution in [1.82, 2.24) is 4.72 Å². The minimum absolute atomic E-state index is 0.0276. The second-order valence-electron chi connectivity index (χ2n) is 11.9. The Bertz CT molecular complexity index is 2190. The number of aryl methyl sites for hydroxylation is 1. The molecule has 0 radical (unpaired) electrons. The molecule has 4 aromatic rings. The molecule has 0 amide bonds. The quantitative estimate of drug-likeness (QED) is 0.0751. The number of carbonyl (C=O) groups excluding carboxylic acids is 4. The van der Waals surface area contributed by atoms with Crippen molar-refractivity contribution in [3.05, 3.63) is 163 Å². The summed E-state index contributed by atoms with van der Waals surface area (Å²) in [7, 11) is 0.0389. The molecule has 16 heteroatoms. The van der Waals surface area contributed by atoms with E-state index in [0.717, 1.165) is 24.5 Å². The van der Waals surface area contributed by atoms with E-state index in [1.54, 1.807) is 66.7 Å². The molecule has 4 rings (SSSR count). The topological polar surface area (TPSA) is 172 Å². The number of carbonyl (C=O) groups is 4. The summed E-state index contributed by atoms with van der Waals surface area (Å²) in [4.78, 5) is 45.7. The summed E-state index contributed by atoms with van der Waals surface area (Å²) in [6, 6.07) is 27.8. The standard InChI is InChI=1S/C18H18BrNO4S.C13H13BrO4.C11H11BrO3/c1-13-3-9-17(10-4-13)25(22,23)20-12-15(18(21)24-2)11-14-5-7-16(19)8-6-14;1-8(13(16)17-3)12(18-9(2)15)10-4-6-11(14)7-5-10;1-7(11(14)15-2)10(13)8-3-5-9(12)6-4-8/h3-11,20H,12H2,1-2H3;4-7,12H,1H2,2-3H3;3-6,10,13H,1H2,2H3/b15-11+;;. The van der Waals surface area contributed by atoms with Crippen LogP contribution in [0, 0.1) is 6.92 Å². The van der Waals surface area contributed by atoms with Crippen molar-refractivity contribution < 1.29 is 51.6 Å². The van der Waals surface area contributed by atoms with Gasteiger partial charge < -0.3 is 24.1 Å². The molecular weight excluding hydrogens is 966 g/mol. The van der Waals surface area contributed by atoms with E-state index in [4.69, 9.17) is 9.47 Å². The maximum Gasteiger partial charge on any atom is 0.337 e. The minimum atomic E-state index is -3.72. The lowest BCUT2D eigenvalue weighted by Crippen LogP contribution is -2.28. The third-order valence-electron chi connectivity index (χ3n) is 7.63. The Morgan fingerprint density at radius 2 is 1.12 bits per heavy atom. The Morgan fingerprint density at radius 1 is 0.690 bits per heavy atom. The molecule has 0 fully saturated rings. The van der Waals surface area contributed by atoms with E-state index in [1.807, 2.05) is 31.2 Å². The normalized spacial score (nSPS) is 11.8. The van der Waals surface area contributed by atoms with Crippen molar-refractivity contribution in [3.8, 4) is 0 Å². The molecule has 0 aliphatic rings. The number of hydrogen-bond donors (Lipinski definition) is 2. The average molecular weight is 1010 g/mol. The fourth-order valence-corrected chi connectivity index (χ4v) is 6.32. The van der Waals surface area contributed by atoms with Crippen LogP contribution < -0.4 is 4.72 Å². The van der Waals surface area contributed by atoms with Gasteiger partial charge in [-0.3, -0.25) is 4.79 Å². The number of halogens is 3. The molecule has 12 nitrogen and oxygen atoms in total. The molecule has 58 heavy (non-hydrogen) atoms. The summed E-state index contributed by atoms with van der Waals surface area (Å²) in [5.41, 5.74) is 3.30. The first-order chi connectivity index (χ1) is 27.3. The molecule has 0 spiro atoms. The molecule has 0 saturated heterocycles. The van der Waals surface area contributed by atoms with Crippen LogP contribution in [0.15, 0.2) is 145 Å². The van der Waals surface area contributed by atoms with Crippen molar-refractivity contribution in [3.63, 3.8) is 0 Å². The highest BCUT2D eigenvalue weighted by Crippen LogP contribution is 2.27. The zero-order valence-corrected chi connectivity index (χ0v) is 37.7. The summed E-state index contributed by atoms with van der Waals surface area (Å²) in [6.45, 7) is 10.1. The zero-order valence-electron chi connectivity index (χ0n) is 32.2. The molecule has 0 bridgehead atoms. The highest BCUT2D eigenvalue weighted by atomic mass is 79.9. The van der Waals surface area contributed by atoms with Crippen LogP contribution >= 0.6 is 47.8 Å². The van der Waals surface area contributed by atoms with E-state index < -0.39 is 46.1 Å². The summed E-state index contributed by atoms with van der Waals surface area (Å²) < 4.78 is 48.8. The van der Waals surface area contributed by atoms with Gasteiger partial charge in [-0.05, 0) is 78.2 Å². The maximum absolute atomic E-state index is 12.4. The molecule has 0 heterocycles. The van der Waals surface area contributed by atoms with Crippen molar-refractivity contribution in [2.24, 2.45) is 0 Å². The Hall–Kier alpha value is -4.71. The predicted molar refractivity (Wildman–Crippen MR) is 231 cm³/mol. The number of aliphatic hydroxyl groups excluding tert-OH is 1. The van der Waals surface area contributed by atoms with Gasteiger partial charge in [-0.2, -0.15) is 0 Å². The molecule has 308 valence electrons. The van der Waals surface area contributed by atoms with Gasteiger partial charge in [0.15, 0.2) is 6.10 Å². The first kappa shape index (κ1) is 49.4. The number of sulfonamides is 1. The Balaban J connectivity index is 0.000000312. The van der Waals surface area contributed by atoms with Crippen LogP contribution in [-0.2, 0) is 48.1 Å². The number of rotatable bonds is 13. The second-order valence-corrected chi connectivity index (χ2v) is 16.4. The van der Waals surface area contributed by atoms with Crippen LogP contribution in [0.1, 0.15) is 41.4 Å². The fraction of sp³-hybridized carbons (Fsp3) is 0.190. The number of hydrogen-bond acceptors (Lipinski definition) is 11. The second kappa shape index (κ2) is 24.3. The molecule has 0 saturated carbocycles. The number of methoxy groups -OCH3 is 3. The number of ether oxygens (including phenoxy) is 4. The smallest absolute Gasteiger partial charge is 0.337 e. The highest BCUT2D eigenvalue weighted by Gasteiger charge is 2.24. The van der Waals surface area contributed by atoms with E-state index in [-0.39, 0.29) is 28.2 Å². The molecule has 0 aromatic heterocycles. The molecule has 0 aliphatic carbocycles. The van der Waals surface area contributed by atoms with Gasteiger partial charge in [0, 0.05) is 26.9 Å². The summed E-state index contributed by atoms with van der Waals surface area (Å²) in [5, 5.41) is 9.77. The Labute approximate surface area is 363 Å². The van der Waals surface area contributed by atoms with Crippen LogP contribution in [0.4, 0.5) is 0 Å². The van der Waals surface area contributed by atoms with E-state index in [0.29, 0.717) is 11.1 Å². The first-order valence-corrected chi connectivity index (χ1v) is 20.7. The number of benzene rings is 4. The van der Waals surface area contributed by atoms with Crippen molar-refractivity contribution >= 4 is 87.8 Å². The van der Waals surface area contributed by atoms with Crippen molar-refractivity contribution in [1.29, 1.82) is 0 Å². The lowest BCUT2D eigenvalue weighted by atomic mass is 10.0. The third kappa shape index (κ3) is 16.3. The van der Waals surface area contributed by atoms with E-state index in [9.17, 15) is 32.7 Å². The van der Waals surface area contributed by atoms with Gasteiger partial charge in [0.05, 0.1) is 42.9 Å². The van der Waals surface area contributed by atoms with E-state index in [1.165, 1.54) is 40.4 Å². The van der Waals surface area contributed by atoms with Crippen LogP contribution in [0.3, 0.4) is 0 Å². The maximum atomic E-state index is 12.4. The number of nitrogens with one attached hydrogen (secondary N) is 1. The molecule has 2 N–H and O–H groups in total. The number of aliphatic hydroxyl groups is 1. The van der Waals surface area contributed by atoms with E-state index >= 15 is 0 Å². The fourth-order valence-electron chi connectivity index (χ4n) is 4.52. The van der Waals surface area contributed by atoms with Crippen molar-refractivity contribution in [2.75, 3.05) is 27.9 Å². The van der Waals surface area contributed by atoms with Gasteiger partial charge in [0.2, 0.25) is 10.0 Å². The van der Waals surface area contributed by atoms with Gasteiger partial charge >= 0.3 is 23.9 Å². The number of esters is 4. The summed E-state index contributed by atoms with van der Waals surface area (Å²) >= 11 is 9.92. The molecule has 2 unspecified atom stereocenters. The summed E-state index contributed by atoms with van der Waals surface area (Å²) in [5.74, 6) is -2.29. The molecule has 4 aromatic carbocycles. The van der Waals surface area contributed by atoms with Crippen LogP contribution in [0.25, 0.3) is 6.08 Å². The molecule has 2 atom stereocenters. The highest BCUT2D eigenvalue weighted by molar-refractivity contribution is 9.11. The average Bonchev–Trinajstić information content (AvgIpc) is 3.21. The van der Waals surface area contributed by atoms with E-state index in [2.05, 4.69) is 75.1 Å². The lowest BCUT2D eigenvalue weighted by Gasteiger charge is -2.18. The van der Waals surface area contributed by atoms with Crippen LogP contribution in [-0.4, -0.2) is 65.3 Å².